The highest BCUT2D eigenvalue weighted by Crippen LogP contribution is 2.03. The summed E-state index contributed by atoms with van der Waals surface area (Å²) in [6.45, 7) is 1.26. The van der Waals surface area contributed by atoms with E-state index in [1.807, 2.05) is 7.05 Å². The molecule has 12 heavy (non-hydrogen) atoms. The second kappa shape index (κ2) is 4.50. The van der Waals surface area contributed by atoms with Gasteiger partial charge in [0.2, 0.25) is 5.95 Å². The van der Waals surface area contributed by atoms with E-state index in [4.69, 9.17) is 5.73 Å². The third-order valence-corrected chi connectivity index (χ3v) is 1.34. The molecule has 0 aliphatic rings. The number of nitrogens with zero attached hydrogens (tertiary/aromatic N) is 2. The van der Waals surface area contributed by atoms with Gasteiger partial charge in [0.25, 0.3) is 0 Å². The standard InChI is InChI=1S/C7H13N5/c1-9-6-2-4-10-7(12-6)11-5-3-8/h2,4H,3,5,8H2,1H3,(H2,9,10,11,12). The first-order chi connectivity index (χ1) is 5.86. The summed E-state index contributed by atoms with van der Waals surface area (Å²) in [5.41, 5.74) is 5.31. The van der Waals surface area contributed by atoms with Crippen molar-refractivity contribution in [3.05, 3.63) is 12.3 Å². The van der Waals surface area contributed by atoms with Gasteiger partial charge in [-0.25, -0.2) is 4.98 Å². The predicted molar refractivity (Wildman–Crippen MR) is 49.1 cm³/mol. The molecule has 1 heterocycles. The molecular weight excluding hydrogens is 154 g/mol. The molecule has 0 atom stereocenters. The zero-order valence-electron chi connectivity index (χ0n) is 7.04. The van der Waals surface area contributed by atoms with Gasteiger partial charge in [0.15, 0.2) is 0 Å². The Hall–Kier alpha value is -1.36. The molecule has 1 rings (SSSR count). The Kier molecular flexibility index (Phi) is 3.28. The van der Waals surface area contributed by atoms with Crippen LogP contribution in [0.5, 0.6) is 0 Å². The molecule has 0 fully saturated rings. The molecule has 1 aromatic rings. The second-order valence-corrected chi connectivity index (χ2v) is 2.23. The molecule has 5 nitrogen and oxygen atoms in total. The summed E-state index contributed by atoms with van der Waals surface area (Å²) in [7, 11) is 1.81. The van der Waals surface area contributed by atoms with Crippen LogP contribution >= 0.6 is 0 Å². The van der Waals surface area contributed by atoms with E-state index in [0.29, 0.717) is 19.0 Å². The molecule has 1 aromatic heterocycles. The van der Waals surface area contributed by atoms with E-state index in [9.17, 15) is 0 Å². The van der Waals surface area contributed by atoms with Crippen LogP contribution in [0, 0.1) is 0 Å². The van der Waals surface area contributed by atoms with E-state index in [1.165, 1.54) is 0 Å². The van der Waals surface area contributed by atoms with Gasteiger partial charge in [0.05, 0.1) is 0 Å². The molecule has 0 aliphatic carbocycles. The van der Waals surface area contributed by atoms with Crippen LogP contribution < -0.4 is 16.4 Å². The molecule has 0 spiro atoms. The molecular formula is C7H13N5. The lowest BCUT2D eigenvalue weighted by atomic mass is 10.6. The van der Waals surface area contributed by atoms with Crippen LogP contribution in [0.15, 0.2) is 12.3 Å². The van der Waals surface area contributed by atoms with Crippen LogP contribution in [0.4, 0.5) is 11.8 Å². The Morgan fingerprint density at radius 3 is 3.08 bits per heavy atom. The van der Waals surface area contributed by atoms with Gasteiger partial charge in [-0.1, -0.05) is 0 Å². The monoisotopic (exact) mass is 167 g/mol. The molecule has 0 aromatic carbocycles. The van der Waals surface area contributed by atoms with E-state index < -0.39 is 0 Å². The maximum absolute atomic E-state index is 5.31. The smallest absolute Gasteiger partial charge is 0.224 e. The molecule has 0 saturated heterocycles. The molecule has 0 aliphatic heterocycles. The first-order valence-electron chi connectivity index (χ1n) is 3.81. The SMILES string of the molecule is CNc1ccnc(NCCN)n1. The summed E-state index contributed by atoms with van der Waals surface area (Å²) in [6.07, 6.45) is 1.69. The average Bonchev–Trinajstić information content (AvgIpc) is 2.15. The van der Waals surface area contributed by atoms with Crippen LogP contribution in [0.1, 0.15) is 0 Å². The van der Waals surface area contributed by atoms with Crippen molar-refractivity contribution < 1.29 is 0 Å². The zero-order valence-corrected chi connectivity index (χ0v) is 7.04. The first-order valence-corrected chi connectivity index (χ1v) is 3.81. The fraction of sp³-hybridized carbons (Fsp3) is 0.429. The Morgan fingerprint density at radius 2 is 2.42 bits per heavy atom. The van der Waals surface area contributed by atoms with Gasteiger partial charge in [-0.15, -0.1) is 0 Å². The van der Waals surface area contributed by atoms with Crippen LogP contribution in [0.25, 0.3) is 0 Å². The van der Waals surface area contributed by atoms with Crippen molar-refractivity contribution >= 4 is 11.8 Å². The van der Waals surface area contributed by atoms with Crippen molar-refractivity contribution in [2.24, 2.45) is 5.73 Å². The minimum Gasteiger partial charge on any atom is -0.373 e. The van der Waals surface area contributed by atoms with E-state index >= 15 is 0 Å². The van der Waals surface area contributed by atoms with Crippen molar-refractivity contribution in [2.45, 2.75) is 0 Å². The van der Waals surface area contributed by atoms with Crippen molar-refractivity contribution in [1.82, 2.24) is 9.97 Å². The van der Waals surface area contributed by atoms with E-state index in [0.717, 1.165) is 5.82 Å². The normalized spacial score (nSPS) is 9.50. The largest absolute Gasteiger partial charge is 0.373 e. The Labute approximate surface area is 71.4 Å². The number of nitrogens with one attached hydrogen (secondary N) is 2. The molecule has 0 saturated carbocycles. The number of nitrogens with two attached hydrogens (primary N) is 1. The van der Waals surface area contributed by atoms with Crippen LogP contribution in [0.2, 0.25) is 0 Å². The number of hydrogen-bond acceptors (Lipinski definition) is 5. The average molecular weight is 167 g/mol. The minimum absolute atomic E-state index is 0.577. The summed E-state index contributed by atoms with van der Waals surface area (Å²) in [5, 5.41) is 5.90. The number of anilines is 2. The summed E-state index contributed by atoms with van der Waals surface area (Å²) < 4.78 is 0. The van der Waals surface area contributed by atoms with Gasteiger partial charge >= 0.3 is 0 Å². The van der Waals surface area contributed by atoms with Gasteiger partial charge in [0.1, 0.15) is 5.82 Å². The summed E-state index contributed by atoms with van der Waals surface area (Å²) >= 11 is 0. The summed E-state index contributed by atoms with van der Waals surface area (Å²) in [5.74, 6) is 1.40. The fourth-order valence-corrected chi connectivity index (χ4v) is 0.767. The highest BCUT2D eigenvalue weighted by molar-refractivity contribution is 5.38. The minimum atomic E-state index is 0.577. The Morgan fingerprint density at radius 1 is 1.58 bits per heavy atom. The van der Waals surface area contributed by atoms with Gasteiger partial charge in [0, 0.05) is 26.3 Å². The van der Waals surface area contributed by atoms with Crippen LogP contribution in [-0.2, 0) is 0 Å². The molecule has 0 radical (unpaired) electrons. The number of hydrogen-bond donors (Lipinski definition) is 3. The third-order valence-electron chi connectivity index (χ3n) is 1.34. The lowest BCUT2D eigenvalue weighted by Gasteiger charge is -2.03. The predicted octanol–water partition coefficient (Wildman–Crippen LogP) is -0.111. The first kappa shape index (κ1) is 8.73. The quantitative estimate of drug-likeness (QED) is 0.583. The van der Waals surface area contributed by atoms with E-state index in [2.05, 4.69) is 20.6 Å². The third kappa shape index (κ3) is 2.35. The van der Waals surface area contributed by atoms with Gasteiger partial charge < -0.3 is 16.4 Å². The number of aromatic nitrogens is 2. The number of rotatable bonds is 4. The molecule has 4 N–H and O–H groups in total. The Bertz CT molecular complexity index is 237. The maximum Gasteiger partial charge on any atom is 0.224 e. The summed E-state index contributed by atoms with van der Waals surface area (Å²) in [6, 6.07) is 1.80. The van der Waals surface area contributed by atoms with Crippen molar-refractivity contribution in [3.8, 4) is 0 Å². The molecule has 0 amide bonds. The van der Waals surface area contributed by atoms with E-state index in [-0.39, 0.29) is 0 Å². The van der Waals surface area contributed by atoms with Crippen molar-refractivity contribution in [2.75, 3.05) is 30.8 Å². The lowest BCUT2D eigenvalue weighted by Crippen LogP contribution is -2.14. The topological polar surface area (TPSA) is 75.9 Å². The Balaban J connectivity index is 2.60. The van der Waals surface area contributed by atoms with Crippen LogP contribution in [0.3, 0.4) is 0 Å². The fourth-order valence-electron chi connectivity index (χ4n) is 0.767. The van der Waals surface area contributed by atoms with E-state index in [1.54, 1.807) is 12.3 Å². The molecule has 66 valence electrons. The zero-order chi connectivity index (χ0) is 8.81. The molecule has 5 heteroatoms. The highest BCUT2D eigenvalue weighted by atomic mass is 15.1. The molecule has 0 bridgehead atoms. The van der Waals surface area contributed by atoms with Crippen molar-refractivity contribution in [3.63, 3.8) is 0 Å². The van der Waals surface area contributed by atoms with Crippen molar-refractivity contribution in [1.29, 1.82) is 0 Å². The molecule has 0 unspecified atom stereocenters. The highest BCUT2D eigenvalue weighted by Gasteiger charge is 1.94. The summed E-state index contributed by atoms with van der Waals surface area (Å²) in [4.78, 5) is 8.15. The second-order valence-electron chi connectivity index (χ2n) is 2.23. The lowest BCUT2D eigenvalue weighted by molar-refractivity contribution is 0.989. The van der Waals surface area contributed by atoms with Gasteiger partial charge in [-0.2, -0.15) is 4.98 Å². The van der Waals surface area contributed by atoms with Crippen LogP contribution in [-0.4, -0.2) is 30.1 Å². The van der Waals surface area contributed by atoms with Gasteiger partial charge in [-0.3, -0.25) is 0 Å². The maximum atomic E-state index is 5.31. The van der Waals surface area contributed by atoms with Gasteiger partial charge in [-0.05, 0) is 6.07 Å².